The molecule has 4 rings (SSSR count). The number of fused-ring (bicyclic) bond motifs is 1. The van der Waals surface area contributed by atoms with E-state index < -0.39 is 5.60 Å². The van der Waals surface area contributed by atoms with Crippen LogP contribution in [0.2, 0.25) is 0 Å². The van der Waals surface area contributed by atoms with Crippen molar-refractivity contribution < 1.29 is 14.3 Å². The third-order valence-electron chi connectivity index (χ3n) is 6.72. The number of benzene rings is 1. The molecule has 0 aromatic heterocycles. The number of aryl methyl sites for hydroxylation is 1. The molecule has 1 aliphatic carbocycles. The van der Waals surface area contributed by atoms with Crippen molar-refractivity contribution >= 4 is 5.91 Å². The summed E-state index contributed by atoms with van der Waals surface area (Å²) in [7, 11) is 0. The summed E-state index contributed by atoms with van der Waals surface area (Å²) in [6, 6.07) is 5.23. The Bertz CT molecular complexity index is 691. The number of nitrogens with zero attached hydrogens (tertiary/aromatic N) is 2. The minimum atomic E-state index is -0.669. The molecule has 2 aliphatic heterocycles. The van der Waals surface area contributed by atoms with Crippen molar-refractivity contribution in [2.75, 3.05) is 26.2 Å². The van der Waals surface area contributed by atoms with Crippen LogP contribution in [0.25, 0.3) is 0 Å². The van der Waals surface area contributed by atoms with Crippen molar-refractivity contribution in [3.63, 3.8) is 0 Å². The van der Waals surface area contributed by atoms with E-state index in [1.165, 1.54) is 6.07 Å². The standard InChI is InChI=1S/C21H29FN2O2/c1-15-5-6-19(22)17(11-15)12-23-9-7-21(26)8-10-24(14-18(21)13-23)20(25)16-3-2-4-16/h5-6,11,16,18,26H,2-4,7-10,12-14H2,1H3/t18-,21-/m1/s1. The van der Waals surface area contributed by atoms with Crippen LogP contribution in [0.4, 0.5) is 4.39 Å². The van der Waals surface area contributed by atoms with Crippen LogP contribution < -0.4 is 0 Å². The molecule has 1 amide bonds. The van der Waals surface area contributed by atoms with E-state index in [-0.39, 0.29) is 23.6 Å². The molecule has 0 bridgehead atoms. The summed E-state index contributed by atoms with van der Waals surface area (Å²) in [6.07, 6.45) is 4.57. The number of hydrogen-bond acceptors (Lipinski definition) is 3. The molecular formula is C21H29FN2O2. The molecule has 3 fully saturated rings. The zero-order valence-electron chi connectivity index (χ0n) is 15.6. The Morgan fingerprint density at radius 3 is 2.77 bits per heavy atom. The zero-order valence-corrected chi connectivity index (χ0v) is 15.6. The van der Waals surface area contributed by atoms with Crippen LogP contribution in [0, 0.1) is 24.6 Å². The van der Waals surface area contributed by atoms with Crippen molar-refractivity contribution in [1.29, 1.82) is 0 Å². The van der Waals surface area contributed by atoms with Crippen LogP contribution in [0.5, 0.6) is 0 Å². The monoisotopic (exact) mass is 360 g/mol. The lowest BCUT2D eigenvalue weighted by atomic mass is 9.74. The molecular weight excluding hydrogens is 331 g/mol. The number of aliphatic hydroxyl groups is 1. The van der Waals surface area contributed by atoms with Gasteiger partial charge in [-0.15, -0.1) is 0 Å². The Morgan fingerprint density at radius 2 is 2.04 bits per heavy atom. The van der Waals surface area contributed by atoms with Gasteiger partial charge in [-0.1, -0.05) is 24.1 Å². The van der Waals surface area contributed by atoms with E-state index in [1.807, 2.05) is 17.9 Å². The Labute approximate surface area is 155 Å². The van der Waals surface area contributed by atoms with Crippen molar-refractivity contribution in [3.05, 3.63) is 35.1 Å². The quantitative estimate of drug-likeness (QED) is 0.901. The topological polar surface area (TPSA) is 43.8 Å². The number of carbonyl (C=O) groups is 1. The first-order valence-electron chi connectivity index (χ1n) is 9.93. The molecule has 26 heavy (non-hydrogen) atoms. The zero-order chi connectivity index (χ0) is 18.3. The van der Waals surface area contributed by atoms with E-state index >= 15 is 0 Å². The predicted octanol–water partition coefficient (Wildman–Crippen LogP) is 2.72. The Balaban J connectivity index is 1.42. The first-order chi connectivity index (χ1) is 12.4. The molecule has 4 nitrogen and oxygen atoms in total. The summed E-state index contributed by atoms with van der Waals surface area (Å²) in [4.78, 5) is 16.8. The third-order valence-corrected chi connectivity index (χ3v) is 6.72. The highest BCUT2D eigenvalue weighted by molar-refractivity contribution is 5.79. The molecule has 2 saturated heterocycles. The van der Waals surface area contributed by atoms with Gasteiger partial charge in [0, 0.05) is 50.1 Å². The van der Waals surface area contributed by atoms with Gasteiger partial charge in [-0.25, -0.2) is 4.39 Å². The van der Waals surface area contributed by atoms with Crippen LogP contribution in [-0.2, 0) is 11.3 Å². The van der Waals surface area contributed by atoms with E-state index in [9.17, 15) is 14.3 Å². The molecule has 5 heteroatoms. The van der Waals surface area contributed by atoms with Gasteiger partial charge in [0.05, 0.1) is 5.60 Å². The average molecular weight is 360 g/mol. The van der Waals surface area contributed by atoms with Gasteiger partial charge < -0.3 is 10.0 Å². The highest BCUT2D eigenvalue weighted by Crippen LogP contribution is 2.38. The Kier molecular flexibility index (Phi) is 4.78. The number of halogens is 1. The van der Waals surface area contributed by atoms with E-state index in [1.54, 1.807) is 6.07 Å². The highest BCUT2D eigenvalue weighted by Gasteiger charge is 2.46. The Hall–Kier alpha value is -1.46. The maximum absolute atomic E-state index is 14.1. The Morgan fingerprint density at radius 1 is 1.27 bits per heavy atom. The summed E-state index contributed by atoms with van der Waals surface area (Å²) < 4.78 is 14.1. The molecule has 142 valence electrons. The van der Waals surface area contributed by atoms with Crippen LogP contribution in [0.3, 0.4) is 0 Å². The lowest BCUT2D eigenvalue weighted by Gasteiger charge is -2.51. The molecule has 1 N–H and O–H groups in total. The smallest absolute Gasteiger partial charge is 0.225 e. The summed E-state index contributed by atoms with van der Waals surface area (Å²) in [6.45, 7) is 5.35. The molecule has 2 atom stereocenters. The molecule has 0 radical (unpaired) electrons. The molecule has 1 aromatic carbocycles. The number of hydrogen-bond donors (Lipinski definition) is 1. The molecule has 2 heterocycles. The predicted molar refractivity (Wildman–Crippen MR) is 98.0 cm³/mol. The van der Waals surface area contributed by atoms with Crippen LogP contribution in [0.15, 0.2) is 18.2 Å². The van der Waals surface area contributed by atoms with E-state index in [4.69, 9.17) is 0 Å². The van der Waals surface area contributed by atoms with Gasteiger partial charge in [-0.3, -0.25) is 9.69 Å². The average Bonchev–Trinajstić information content (AvgIpc) is 2.56. The number of rotatable bonds is 3. The first-order valence-corrected chi connectivity index (χ1v) is 9.93. The molecule has 0 spiro atoms. The largest absolute Gasteiger partial charge is 0.389 e. The minimum Gasteiger partial charge on any atom is -0.389 e. The van der Waals surface area contributed by atoms with Gasteiger partial charge in [0.15, 0.2) is 0 Å². The first kappa shape index (κ1) is 17.9. The summed E-state index contributed by atoms with van der Waals surface area (Å²) in [5, 5.41) is 11.0. The molecule has 3 aliphatic rings. The van der Waals surface area contributed by atoms with Gasteiger partial charge in [0.1, 0.15) is 5.82 Å². The van der Waals surface area contributed by atoms with E-state index in [0.29, 0.717) is 38.0 Å². The van der Waals surface area contributed by atoms with E-state index in [2.05, 4.69) is 4.90 Å². The van der Waals surface area contributed by atoms with Crippen molar-refractivity contribution in [1.82, 2.24) is 9.80 Å². The summed E-state index contributed by atoms with van der Waals surface area (Å²) >= 11 is 0. The fourth-order valence-corrected chi connectivity index (χ4v) is 4.69. The molecule has 1 aromatic rings. The van der Waals surface area contributed by atoms with Crippen LogP contribution in [0.1, 0.15) is 43.2 Å². The van der Waals surface area contributed by atoms with Crippen LogP contribution >= 0.6 is 0 Å². The van der Waals surface area contributed by atoms with Gasteiger partial charge in [-0.05, 0) is 38.7 Å². The van der Waals surface area contributed by atoms with Crippen molar-refractivity contribution in [2.24, 2.45) is 11.8 Å². The number of carbonyl (C=O) groups excluding carboxylic acids is 1. The molecule has 0 unspecified atom stereocenters. The third kappa shape index (κ3) is 3.39. The van der Waals surface area contributed by atoms with Gasteiger partial charge in [-0.2, -0.15) is 0 Å². The SMILES string of the molecule is Cc1ccc(F)c(CN2CC[C@@]3(O)CCN(C(=O)C4CCC4)C[C@H]3C2)c1. The fourth-order valence-electron chi connectivity index (χ4n) is 4.69. The van der Waals surface area contributed by atoms with Gasteiger partial charge in [0.2, 0.25) is 5.91 Å². The maximum atomic E-state index is 14.1. The second-order valence-corrected chi connectivity index (χ2v) is 8.54. The second kappa shape index (κ2) is 6.93. The maximum Gasteiger partial charge on any atom is 0.225 e. The van der Waals surface area contributed by atoms with Gasteiger partial charge >= 0.3 is 0 Å². The summed E-state index contributed by atoms with van der Waals surface area (Å²) in [5.41, 5.74) is 1.11. The van der Waals surface area contributed by atoms with Gasteiger partial charge in [0.25, 0.3) is 0 Å². The second-order valence-electron chi connectivity index (χ2n) is 8.54. The molecule has 1 saturated carbocycles. The normalized spacial score (nSPS) is 30.0. The minimum absolute atomic E-state index is 0.0573. The number of piperidine rings is 2. The van der Waals surface area contributed by atoms with E-state index in [0.717, 1.165) is 37.9 Å². The summed E-state index contributed by atoms with van der Waals surface area (Å²) in [5.74, 6) is 0.381. The van der Waals surface area contributed by atoms with Crippen LogP contribution in [-0.4, -0.2) is 52.6 Å². The van der Waals surface area contributed by atoms with Crippen molar-refractivity contribution in [3.8, 4) is 0 Å². The number of amides is 1. The fraction of sp³-hybridized carbons (Fsp3) is 0.667. The lowest BCUT2D eigenvalue weighted by molar-refractivity contribution is -0.153. The number of likely N-dealkylation sites (tertiary alicyclic amines) is 2. The highest BCUT2D eigenvalue weighted by atomic mass is 19.1. The lowest BCUT2D eigenvalue weighted by Crippen LogP contribution is -2.61. The van der Waals surface area contributed by atoms with Crippen molar-refractivity contribution in [2.45, 2.75) is 51.2 Å².